The number of thioether (sulfide) groups is 1. The predicted molar refractivity (Wildman–Crippen MR) is 142 cm³/mol. The van der Waals surface area contributed by atoms with Crippen LogP contribution in [-0.2, 0) is 28.3 Å². The molecular weight excluding hydrogens is 483 g/mol. The second-order valence-electron chi connectivity index (χ2n) is 8.64. The molecule has 1 atom stereocenters. The molecule has 1 N–H and O–H groups in total. The number of benzene rings is 3. The monoisotopic (exact) mass is 512 g/mol. The Kier molecular flexibility index (Phi) is 10.2. The fourth-order valence-corrected chi connectivity index (χ4v) is 4.77. The van der Waals surface area contributed by atoms with Crippen LogP contribution < -0.4 is 5.32 Å². The molecule has 7 heteroatoms. The van der Waals surface area contributed by atoms with Gasteiger partial charge in [-0.05, 0) is 54.8 Å². The average molecular weight is 513 g/mol. The van der Waals surface area contributed by atoms with Gasteiger partial charge in [0.05, 0.1) is 5.75 Å². The van der Waals surface area contributed by atoms with Crippen molar-refractivity contribution >= 4 is 35.2 Å². The van der Waals surface area contributed by atoms with Crippen molar-refractivity contribution in [1.82, 2.24) is 10.2 Å². The van der Waals surface area contributed by atoms with Crippen molar-refractivity contribution in [3.63, 3.8) is 0 Å². The van der Waals surface area contributed by atoms with Gasteiger partial charge >= 0.3 is 0 Å². The summed E-state index contributed by atoms with van der Waals surface area (Å²) in [4.78, 5) is 28.5. The second kappa shape index (κ2) is 13.3. The van der Waals surface area contributed by atoms with E-state index in [-0.39, 0.29) is 36.0 Å². The van der Waals surface area contributed by atoms with Gasteiger partial charge in [-0.3, -0.25) is 9.59 Å². The van der Waals surface area contributed by atoms with E-state index in [0.717, 1.165) is 16.7 Å². The Morgan fingerprint density at radius 1 is 0.943 bits per heavy atom. The van der Waals surface area contributed by atoms with E-state index in [9.17, 15) is 14.0 Å². The Bertz CT molecular complexity index is 1110. The van der Waals surface area contributed by atoms with Gasteiger partial charge in [0.15, 0.2) is 0 Å². The molecule has 0 saturated carbocycles. The van der Waals surface area contributed by atoms with Crippen LogP contribution in [0, 0.1) is 5.82 Å². The van der Waals surface area contributed by atoms with Crippen LogP contribution in [0.1, 0.15) is 30.5 Å². The lowest BCUT2D eigenvalue weighted by molar-refractivity contribution is -0.139. The van der Waals surface area contributed by atoms with Crippen LogP contribution in [0.3, 0.4) is 0 Å². The van der Waals surface area contributed by atoms with Gasteiger partial charge < -0.3 is 10.2 Å². The highest BCUT2D eigenvalue weighted by molar-refractivity contribution is 7.99. The molecule has 0 spiro atoms. The third kappa shape index (κ3) is 8.71. The van der Waals surface area contributed by atoms with E-state index in [1.165, 1.54) is 23.9 Å². The first kappa shape index (κ1) is 26.8. The zero-order chi connectivity index (χ0) is 25.2. The molecule has 2 amide bonds. The maximum atomic E-state index is 13.5. The van der Waals surface area contributed by atoms with Crippen molar-refractivity contribution in [2.75, 3.05) is 5.75 Å². The van der Waals surface area contributed by atoms with E-state index in [4.69, 9.17) is 11.6 Å². The summed E-state index contributed by atoms with van der Waals surface area (Å²) in [5, 5.41) is 3.56. The minimum Gasteiger partial charge on any atom is -0.352 e. The predicted octanol–water partition coefficient (Wildman–Crippen LogP) is 5.88. The van der Waals surface area contributed by atoms with Crippen LogP contribution >= 0.6 is 23.4 Å². The molecule has 0 bridgehead atoms. The highest BCUT2D eigenvalue weighted by atomic mass is 35.5. The van der Waals surface area contributed by atoms with Crippen LogP contribution in [0.2, 0.25) is 5.02 Å². The molecule has 0 heterocycles. The molecule has 3 aromatic rings. The molecule has 0 unspecified atom stereocenters. The lowest BCUT2D eigenvalue weighted by atomic mass is 10.0. The van der Waals surface area contributed by atoms with Gasteiger partial charge in [-0.15, -0.1) is 11.8 Å². The fourth-order valence-electron chi connectivity index (χ4n) is 3.69. The topological polar surface area (TPSA) is 49.4 Å². The molecule has 0 aliphatic carbocycles. The lowest BCUT2D eigenvalue weighted by Crippen LogP contribution is -2.52. The Labute approximate surface area is 215 Å². The Hall–Kier alpha value is -2.83. The number of nitrogens with one attached hydrogen (secondary N) is 1. The van der Waals surface area contributed by atoms with Gasteiger partial charge in [-0.2, -0.15) is 0 Å². The minimum atomic E-state index is -0.683. The smallest absolute Gasteiger partial charge is 0.243 e. The SMILES string of the molecule is CC(C)NC(=O)[C@H](Cc1ccccc1)N(Cc1cccc(Cl)c1)C(=O)CSCc1ccc(F)cc1. The summed E-state index contributed by atoms with van der Waals surface area (Å²) in [5.41, 5.74) is 2.76. The molecule has 0 aliphatic rings. The van der Waals surface area contributed by atoms with Crippen LogP contribution in [0.15, 0.2) is 78.9 Å². The largest absolute Gasteiger partial charge is 0.352 e. The van der Waals surface area contributed by atoms with Gasteiger partial charge in [0.2, 0.25) is 11.8 Å². The summed E-state index contributed by atoms with van der Waals surface area (Å²) in [5.74, 6) is 0.138. The summed E-state index contributed by atoms with van der Waals surface area (Å²) in [6.07, 6.45) is 0.397. The lowest BCUT2D eigenvalue weighted by Gasteiger charge is -2.32. The number of hydrogen-bond acceptors (Lipinski definition) is 3. The maximum absolute atomic E-state index is 13.5. The van der Waals surface area contributed by atoms with Crippen molar-refractivity contribution in [2.24, 2.45) is 0 Å². The van der Waals surface area contributed by atoms with Crippen LogP contribution in [0.25, 0.3) is 0 Å². The molecule has 35 heavy (non-hydrogen) atoms. The first-order valence-electron chi connectivity index (χ1n) is 11.5. The number of rotatable bonds is 11. The Balaban J connectivity index is 1.84. The third-order valence-electron chi connectivity index (χ3n) is 5.35. The normalized spacial score (nSPS) is 11.8. The zero-order valence-corrected chi connectivity index (χ0v) is 21.5. The number of nitrogens with zero attached hydrogens (tertiary/aromatic N) is 1. The van der Waals surface area contributed by atoms with Crippen molar-refractivity contribution in [3.05, 3.63) is 106 Å². The van der Waals surface area contributed by atoms with E-state index in [1.54, 1.807) is 23.1 Å². The number of carbonyl (C=O) groups is 2. The van der Waals surface area contributed by atoms with Gasteiger partial charge in [0.25, 0.3) is 0 Å². The Morgan fingerprint density at radius 2 is 1.63 bits per heavy atom. The summed E-state index contributed by atoms with van der Waals surface area (Å²) in [7, 11) is 0. The summed E-state index contributed by atoms with van der Waals surface area (Å²) in [6, 6.07) is 22.5. The van der Waals surface area contributed by atoms with Crippen molar-refractivity contribution in [3.8, 4) is 0 Å². The number of carbonyl (C=O) groups excluding carboxylic acids is 2. The fraction of sp³-hybridized carbons (Fsp3) is 0.286. The van der Waals surface area contributed by atoms with E-state index < -0.39 is 6.04 Å². The van der Waals surface area contributed by atoms with E-state index in [2.05, 4.69) is 5.32 Å². The number of hydrogen-bond donors (Lipinski definition) is 1. The van der Waals surface area contributed by atoms with Gasteiger partial charge in [-0.25, -0.2) is 4.39 Å². The molecule has 0 aliphatic heterocycles. The Morgan fingerprint density at radius 3 is 2.29 bits per heavy atom. The van der Waals surface area contributed by atoms with Crippen molar-refractivity contribution in [2.45, 2.75) is 44.6 Å². The molecular formula is C28H30ClFN2O2S. The first-order chi connectivity index (χ1) is 16.8. The van der Waals surface area contributed by atoms with Gasteiger partial charge in [0, 0.05) is 29.8 Å². The minimum absolute atomic E-state index is 0.0586. The van der Waals surface area contributed by atoms with Crippen LogP contribution in [-0.4, -0.2) is 34.6 Å². The molecule has 0 radical (unpaired) electrons. The number of halogens is 2. The molecule has 0 fully saturated rings. The second-order valence-corrected chi connectivity index (χ2v) is 10.1. The van der Waals surface area contributed by atoms with Crippen molar-refractivity contribution < 1.29 is 14.0 Å². The van der Waals surface area contributed by atoms with Crippen molar-refractivity contribution in [1.29, 1.82) is 0 Å². The maximum Gasteiger partial charge on any atom is 0.243 e. The number of amides is 2. The van der Waals surface area contributed by atoms with E-state index >= 15 is 0 Å². The quantitative estimate of drug-likeness (QED) is 0.349. The highest BCUT2D eigenvalue weighted by Crippen LogP contribution is 2.20. The summed E-state index contributed by atoms with van der Waals surface area (Å²) < 4.78 is 13.2. The highest BCUT2D eigenvalue weighted by Gasteiger charge is 2.30. The van der Waals surface area contributed by atoms with E-state index in [0.29, 0.717) is 17.2 Å². The molecule has 3 aromatic carbocycles. The molecule has 4 nitrogen and oxygen atoms in total. The molecule has 3 rings (SSSR count). The molecule has 0 aromatic heterocycles. The molecule has 0 saturated heterocycles. The average Bonchev–Trinajstić information content (AvgIpc) is 2.82. The van der Waals surface area contributed by atoms with Gasteiger partial charge in [-0.1, -0.05) is 66.2 Å². The molecule has 184 valence electrons. The summed E-state index contributed by atoms with van der Waals surface area (Å²) in [6.45, 7) is 4.07. The summed E-state index contributed by atoms with van der Waals surface area (Å²) >= 11 is 7.64. The first-order valence-corrected chi connectivity index (χ1v) is 13.1. The zero-order valence-electron chi connectivity index (χ0n) is 19.9. The van der Waals surface area contributed by atoms with E-state index in [1.807, 2.05) is 62.4 Å². The van der Waals surface area contributed by atoms with Gasteiger partial charge in [0.1, 0.15) is 11.9 Å². The third-order valence-corrected chi connectivity index (χ3v) is 6.58. The van der Waals surface area contributed by atoms with Crippen LogP contribution in [0.4, 0.5) is 4.39 Å². The van der Waals surface area contributed by atoms with Crippen LogP contribution in [0.5, 0.6) is 0 Å². The standard InChI is InChI=1S/C28H30ClFN2O2S/c1-20(2)31-28(34)26(16-21-7-4-3-5-8-21)32(17-23-9-6-10-24(29)15-23)27(33)19-35-18-22-11-13-25(30)14-12-22/h3-15,20,26H,16-19H2,1-2H3,(H,31,34)/t26-/m0/s1.